The van der Waals surface area contributed by atoms with E-state index >= 15 is 0 Å². The van der Waals surface area contributed by atoms with Crippen molar-refractivity contribution >= 4 is 23.0 Å². The largest absolute Gasteiger partial charge is 0.494 e. The summed E-state index contributed by atoms with van der Waals surface area (Å²) >= 11 is 5.55. The lowest BCUT2D eigenvalue weighted by Crippen LogP contribution is -2.49. The fraction of sp³-hybridized carbons (Fsp3) is 0.444. The van der Waals surface area contributed by atoms with Gasteiger partial charge in [0.05, 0.1) is 12.3 Å². The maximum absolute atomic E-state index is 5.55. The van der Waals surface area contributed by atoms with Crippen molar-refractivity contribution < 1.29 is 9.26 Å². The Morgan fingerprint density at radius 1 is 1.24 bits per heavy atom. The number of rotatable bonds is 5. The molecule has 25 heavy (non-hydrogen) atoms. The van der Waals surface area contributed by atoms with Gasteiger partial charge < -0.3 is 19.5 Å². The first-order valence-electron chi connectivity index (χ1n) is 8.57. The van der Waals surface area contributed by atoms with Crippen molar-refractivity contribution in [1.29, 1.82) is 0 Å². The van der Waals surface area contributed by atoms with E-state index in [-0.39, 0.29) is 0 Å². The second-order valence-electron chi connectivity index (χ2n) is 6.08. The molecule has 1 aromatic heterocycles. The average Bonchev–Trinajstić information content (AvgIpc) is 3.02. The molecule has 0 unspecified atom stereocenters. The Balaban J connectivity index is 1.46. The first-order valence-corrected chi connectivity index (χ1v) is 8.98. The van der Waals surface area contributed by atoms with Crippen molar-refractivity contribution in [1.82, 2.24) is 15.0 Å². The second kappa shape index (κ2) is 8.31. The minimum absolute atomic E-state index is 0.670. The third-order valence-electron chi connectivity index (χ3n) is 4.14. The van der Waals surface area contributed by atoms with Crippen LogP contribution in [0.25, 0.3) is 0 Å². The highest BCUT2D eigenvalue weighted by molar-refractivity contribution is 7.80. The van der Waals surface area contributed by atoms with Crippen LogP contribution >= 0.6 is 12.2 Å². The van der Waals surface area contributed by atoms with E-state index in [9.17, 15) is 0 Å². The Bertz CT molecular complexity index is 693. The lowest BCUT2D eigenvalue weighted by Gasteiger charge is -2.35. The molecular formula is C18H24N4O2S. The summed E-state index contributed by atoms with van der Waals surface area (Å²) in [5.74, 6) is 1.73. The number of nitrogens with one attached hydrogen (secondary N) is 1. The van der Waals surface area contributed by atoms with E-state index in [4.69, 9.17) is 21.5 Å². The van der Waals surface area contributed by atoms with Crippen LogP contribution in [0.1, 0.15) is 18.4 Å². The number of thiocarbonyl (C=S) groups is 1. The highest BCUT2D eigenvalue weighted by atomic mass is 32.1. The van der Waals surface area contributed by atoms with E-state index < -0.39 is 0 Å². The Kier molecular flexibility index (Phi) is 5.88. The van der Waals surface area contributed by atoms with Gasteiger partial charge in [-0.25, -0.2) is 0 Å². The molecule has 1 aliphatic heterocycles. The molecule has 0 saturated carbocycles. The van der Waals surface area contributed by atoms with E-state index in [1.807, 2.05) is 44.2 Å². The van der Waals surface area contributed by atoms with Crippen LogP contribution in [0.4, 0.5) is 5.69 Å². The van der Waals surface area contributed by atoms with Gasteiger partial charge in [0, 0.05) is 44.5 Å². The molecule has 2 heterocycles. The highest BCUT2D eigenvalue weighted by Gasteiger charge is 2.20. The van der Waals surface area contributed by atoms with Crippen LogP contribution < -0.4 is 10.1 Å². The molecule has 0 atom stereocenters. The van der Waals surface area contributed by atoms with E-state index in [2.05, 4.69) is 20.3 Å². The first-order chi connectivity index (χ1) is 12.1. The van der Waals surface area contributed by atoms with Crippen LogP contribution in [0.5, 0.6) is 5.75 Å². The van der Waals surface area contributed by atoms with E-state index in [1.54, 1.807) is 0 Å². The third-order valence-corrected chi connectivity index (χ3v) is 4.50. The zero-order valence-corrected chi connectivity index (χ0v) is 15.5. The molecule has 6 nitrogen and oxygen atoms in total. The molecule has 0 amide bonds. The minimum Gasteiger partial charge on any atom is -0.494 e. The van der Waals surface area contributed by atoms with Gasteiger partial charge in [0.2, 0.25) is 0 Å². The smallest absolute Gasteiger partial charge is 0.173 e. The minimum atomic E-state index is 0.670. The number of aromatic nitrogens is 1. The Morgan fingerprint density at radius 3 is 2.56 bits per heavy atom. The van der Waals surface area contributed by atoms with Crippen molar-refractivity contribution in [2.45, 2.75) is 20.4 Å². The molecule has 3 rings (SSSR count). The highest BCUT2D eigenvalue weighted by Crippen LogP contribution is 2.17. The summed E-state index contributed by atoms with van der Waals surface area (Å²) in [6, 6.07) is 9.87. The molecule has 134 valence electrons. The summed E-state index contributed by atoms with van der Waals surface area (Å²) < 4.78 is 10.6. The number of hydrogen-bond acceptors (Lipinski definition) is 5. The predicted molar refractivity (Wildman–Crippen MR) is 102 cm³/mol. The normalized spacial score (nSPS) is 15.2. The van der Waals surface area contributed by atoms with Gasteiger partial charge in [0.1, 0.15) is 11.5 Å². The zero-order valence-electron chi connectivity index (χ0n) is 14.7. The van der Waals surface area contributed by atoms with Crippen LogP contribution in [0.15, 0.2) is 34.9 Å². The van der Waals surface area contributed by atoms with Gasteiger partial charge in [0.25, 0.3) is 0 Å². The topological polar surface area (TPSA) is 53.8 Å². The van der Waals surface area contributed by atoms with Crippen molar-refractivity contribution in [2.75, 3.05) is 38.1 Å². The van der Waals surface area contributed by atoms with Gasteiger partial charge in [-0.2, -0.15) is 0 Å². The van der Waals surface area contributed by atoms with Gasteiger partial charge >= 0.3 is 0 Å². The Morgan fingerprint density at radius 2 is 1.96 bits per heavy atom. The summed E-state index contributed by atoms with van der Waals surface area (Å²) in [5, 5.41) is 8.13. The van der Waals surface area contributed by atoms with Gasteiger partial charge in [-0.1, -0.05) is 5.16 Å². The van der Waals surface area contributed by atoms with E-state index in [0.717, 1.165) is 60.7 Å². The summed E-state index contributed by atoms with van der Waals surface area (Å²) in [7, 11) is 0. The van der Waals surface area contributed by atoms with Gasteiger partial charge in [0.15, 0.2) is 5.11 Å². The standard InChI is InChI=1S/C18H24N4O2S/c1-3-23-17-6-4-15(5-7-17)19-18(25)22-10-8-21(9-11-22)13-16-12-14(2)24-20-16/h4-7,12H,3,8-11,13H2,1-2H3,(H,19,25). The van der Waals surface area contributed by atoms with Crippen LogP contribution in [0.3, 0.4) is 0 Å². The fourth-order valence-corrected chi connectivity index (χ4v) is 3.13. The van der Waals surface area contributed by atoms with Crippen molar-refractivity contribution in [3.8, 4) is 5.75 Å². The number of piperazine rings is 1. The Labute approximate surface area is 153 Å². The van der Waals surface area contributed by atoms with E-state index in [1.165, 1.54) is 0 Å². The quantitative estimate of drug-likeness (QED) is 0.823. The van der Waals surface area contributed by atoms with Gasteiger partial charge in [-0.3, -0.25) is 4.90 Å². The summed E-state index contributed by atoms with van der Waals surface area (Å²) in [5.41, 5.74) is 1.97. The van der Waals surface area contributed by atoms with Crippen molar-refractivity contribution in [3.63, 3.8) is 0 Å². The summed E-state index contributed by atoms with van der Waals surface area (Å²) in [6.07, 6.45) is 0. The summed E-state index contributed by atoms with van der Waals surface area (Å²) in [6.45, 7) is 9.10. The SMILES string of the molecule is CCOc1ccc(NC(=S)N2CCN(Cc3cc(C)on3)CC2)cc1. The molecule has 1 fully saturated rings. The van der Waals surface area contributed by atoms with Crippen LogP contribution in [-0.4, -0.2) is 52.9 Å². The molecule has 1 aromatic carbocycles. The number of ether oxygens (including phenoxy) is 1. The molecule has 7 heteroatoms. The van der Waals surface area contributed by atoms with E-state index in [0.29, 0.717) is 6.61 Å². The molecule has 2 aromatic rings. The van der Waals surface area contributed by atoms with Crippen LogP contribution in [-0.2, 0) is 6.54 Å². The number of hydrogen-bond donors (Lipinski definition) is 1. The fourth-order valence-electron chi connectivity index (χ4n) is 2.83. The number of nitrogens with zero attached hydrogens (tertiary/aromatic N) is 3. The predicted octanol–water partition coefficient (Wildman–Crippen LogP) is 2.90. The van der Waals surface area contributed by atoms with Crippen molar-refractivity contribution in [3.05, 3.63) is 41.8 Å². The average molecular weight is 360 g/mol. The van der Waals surface area contributed by atoms with Crippen molar-refractivity contribution in [2.24, 2.45) is 0 Å². The summed E-state index contributed by atoms with van der Waals surface area (Å²) in [4.78, 5) is 4.57. The molecule has 0 bridgehead atoms. The van der Waals surface area contributed by atoms with Gasteiger partial charge in [-0.15, -0.1) is 0 Å². The number of aryl methyl sites for hydroxylation is 1. The second-order valence-corrected chi connectivity index (χ2v) is 6.47. The molecular weight excluding hydrogens is 336 g/mol. The van der Waals surface area contributed by atoms with Gasteiger partial charge in [-0.05, 0) is 50.3 Å². The monoisotopic (exact) mass is 360 g/mol. The maximum atomic E-state index is 5.55. The molecule has 0 aliphatic carbocycles. The zero-order chi connectivity index (χ0) is 17.6. The molecule has 1 N–H and O–H groups in total. The number of anilines is 1. The lowest BCUT2D eigenvalue weighted by atomic mass is 10.3. The third kappa shape index (κ3) is 4.93. The molecule has 1 aliphatic rings. The molecule has 0 spiro atoms. The Hall–Kier alpha value is -2.12. The first kappa shape index (κ1) is 17.7. The lowest BCUT2D eigenvalue weighted by molar-refractivity contribution is 0.173. The van der Waals surface area contributed by atoms with Crippen LogP contribution in [0, 0.1) is 6.92 Å². The number of benzene rings is 1. The maximum Gasteiger partial charge on any atom is 0.173 e. The molecule has 0 radical (unpaired) electrons. The van der Waals surface area contributed by atoms with Crippen LogP contribution in [0.2, 0.25) is 0 Å². The molecule has 1 saturated heterocycles.